The van der Waals surface area contributed by atoms with Crippen LogP contribution >= 0.6 is 11.3 Å². The number of thiophene rings is 1. The van der Waals surface area contributed by atoms with E-state index in [1.807, 2.05) is 11.3 Å². The lowest BCUT2D eigenvalue weighted by molar-refractivity contribution is 1.26. The molecule has 1 aliphatic heterocycles. The Bertz CT molecular complexity index is 3110. The standard InChI is InChI=1S/C60H40N2S/c1-6-18-41(19-7-1)46-32-47(42-20-8-2-9-21-42)35-51(34-46)61-53-38-50(45-26-14-5-15-27-45)39-54(40-53)62(58-31-17-29-56-55-28-16-30-57(61)59(55)63-60(56)58)52-36-48(43-22-10-3-11-23-43)33-49(37-52)44-24-12-4-13-25-44/h1-40H. The third kappa shape index (κ3) is 6.67. The number of anilines is 6. The fourth-order valence-corrected chi connectivity index (χ4v) is 10.6. The summed E-state index contributed by atoms with van der Waals surface area (Å²) in [7, 11) is 0. The highest BCUT2D eigenvalue weighted by Gasteiger charge is 2.27. The van der Waals surface area contributed by atoms with Gasteiger partial charge in [0.15, 0.2) is 0 Å². The van der Waals surface area contributed by atoms with Crippen molar-refractivity contribution in [2.45, 2.75) is 0 Å². The lowest BCUT2D eigenvalue weighted by Gasteiger charge is -2.32. The van der Waals surface area contributed by atoms with Gasteiger partial charge in [0.25, 0.3) is 0 Å². The smallest absolute Gasteiger partial charge is 0.0640 e. The summed E-state index contributed by atoms with van der Waals surface area (Å²) < 4.78 is 2.51. The molecule has 0 saturated carbocycles. The van der Waals surface area contributed by atoms with Crippen LogP contribution in [0.25, 0.3) is 75.8 Å². The summed E-state index contributed by atoms with van der Waals surface area (Å²) in [6, 6.07) is 88.9. The van der Waals surface area contributed by atoms with Crippen LogP contribution in [-0.4, -0.2) is 0 Å². The van der Waals surface area contributed by atoms with Gasteiger partial charge < -0.3 is 9.80 Å². The molecule has 0 amide bonds. The van der Waals surface area contributed by atoms with E-state index in [0.717, 1.165) is 45.3 Å². The summed E-state index contributed by atoms with van der Waals surface area (Å²) in [4.78, 5) is 5.01. The van der Waals surface area contributed by atoms with Gasteiger partial charge in [0.2, 0.25) is 0 Å². The predicted molar refractivity (Wildman–Crippen MR) is 269 cm³/mol. The third-order valence-corrected chi connectivity index (χ3v) is 13.5. The van der Waals surface area contributed by atoms with E-state index in [0.29, 0.717) is 0 Å². The fourth-order valence-electron chi connectivity index (χ4n) is 9.32. The second-order valence-corrected chi connectivity index (χ2v) is 17.2. The van der Waals surface area contributed by atoms with Gasteiger partial charge in [-0.15, -0.1) is 11.3 Å². The number of benzene rings is 10. The SMILES string of the molecule is c1ccc(-c2cc(-c3ccccc3)cc(N3c4cc(-c5ccccc5)cc(c4)N(c4cc(-c5ccccc5)cc(-c5ccccc5)c4)c4cccc5c4sc4c3cccc45)c2)cc1. The van der Waals surface area contributed by atoms with Crippen LogP contribution in [-0.2, 0) is 0 Å². The Kier molecular flexibility index (Phi) is 9.06. The summed E-state index contributed by atoms with van der Waals surface area (Å²) in [6.07, 6.45) is 0. The Morgan fingerprint density at radius 2 is 0.492 bits per heavy atom. The van der Waals surface area contributed by atoms with Gasteiger partial charge in [0.1, 0.15) is 0 Å². The van der Waals surface area contributed by atoms with Crippen LogP contribution in [0.5, 0.6) is 0 Å². The van der Waals surface area contributed by atoms with Crippen LogP contribution in [0.1, 0.15) is 0 Å². The van der Waals surface area contributed by atoms with Gasteiger partial charge in [-0.05, 0) is 122 Å². The molecule has 11 aromatic rings. The molecule has 0 aliphatic carbocycles. The van der Waals surface area contributed by atoms with Crippen molar-refractivity contribution in [1.82, 2.24) is 0 Å². The van der Waals surface area contributed by atoms with Crippen LogP contribution in [0.15, 0.2) is 243 Å². The van der Waals surface area contributed by atoms with Crippen molar-refractivity contribution in [1.29, 1.82) is 0 Å². The zero-order chi connectivity index (χ0) is 41.7. The normalized spacial score (nSPS) is 12.1. The predicted octanol–water partition coefficient (Wildman–Crippen LogP) is 17.6. The van der Waals surface area contributed by atoms with E-state index in [1.165, 1.54) is 64.7 Å². The molecule has 296 valence electrons. The first-order valence-electron chi connectivity index (χ1n) is 21.5. The van der Waals surface area contributed by atoms with Crippen molar-refractivity contribution < 1.29 is 0 Å². The summed E-state index contributed by atoms with van der Waals surface area (Å²) >= 11 is 1.89. The third-order valence-electron chi connectivity index (χ3n) is 12.3. The molecule has 1 aliphatic rings. The molecular formula is C60H40N2S. The Labute approximate surface area is 371 Å². The molecule has 0 atom stereocenters. The molecule has 2 heterocycles. The Morgan fingerprint density at radius 1 is 0.222 bits per heavy atom. The number of nitrogens with zero attached hydrogens (tertiary/aromatic N) is 2. The van der Waals surface area contributed by atoms with Gasteiger partial charge in [0, 0.05) is 33.5 Å². The molecule has 2 nitrogen and oxygen atoms in total. The second-order valence-electron chi connectivity index (χ2n) is 16.2. The van der Waals surface area contributed by atoms with Crippen LogP contribution in [0.4, 0.5) is 34.1 Å². The quantitative estimate of drug-likeness (QED) is 0.158. The largest absolute Gasteiger partial charge is 0.309 e. The highest BCUT2D eigenvalue weighted by Crippen LogP contribution is 2.53. The summed E-state index contributed by atoms with van der Waals surface area (Å²) in [5.41, 5.74) is 18.4. The van der Waals surface area contributed by atoms with Crippen molar-refractivity contribution in [2.75, 3.05) is 9.80 Å². The van der Waals surface area contributed by atoms with Crippen LogP contribution < -0.4 is 9.80 Å². The van der Waals surface area contributed by atoms with E-state index in [1.54, 1.807) is 0 Å². The molecule has 1 aromatic heterocycles. The number of fused-ring (bicyclic) bond motifs is 3. The molecule has 0 N–H and O–H groups in total. The average molecular weight is 821 g/mol. The molecule has 4 bridgehead atoms. The second kappa shape index (κ2) is 15.5. The highest BCUT2D eigenvalue weighted by molar-refractivity contribution is 7.27. The first kappa shape index (κ1) is 36.8. The van der Waals surface area contributed by atoms with Crippen LogP contribution in [0, 0.1) is 0 Å². The van der Waals surface area contributed by atoms with E-state index in [9.17, 15) is 0 Å². The molecule has 3 heteroatoms. The number of rotatable bonds is 7. The molecule has 0 unspecified atom stereocenters. The first-order chi connectivity index (χ1) is 31.2. The maximum atomic E-state index is 2.51. The van der Waals surface area contributed by atoms with Gasteiger partial charge >= 0.3 is 0 Å². The molecule has 0 fully saturated rings. The minimum absolute atomic E-state index is 1.08. The van der Waals surface area contributed by atoms with Gasteiger partial charge in [-0.25, -0.2) is 0 Å². The van der Waals surface area contributed by atoms with E-state index < -0.39 is 0 Å². The summed E-state index contributed by atoms with van der Waals surface area (Å²) in [5.74, 6) is 0. The maximum Gasteiger partial charge on any atom is 0.0640 e. The van der Waals surface area contributed by atoms with Crippen LogP contribution in [0.2, 0.25) is 0 Å². The topological polar surface area (TPSA) is 6.48 Å². The van der Waals surface area contributed by atoms with Gasteiger partial charge in [-0.2, -0.15) is 0 Å². The molecule has 63 heavy (non-hydrogen) atoms. The molecular weight excluding hydrogens is 781 g/mol. The van der Waals surface area contributed by atoms with Crippen molar-refractivity contribution in [2.24, 2.45) is 0 Å². The zero-order valence-electron chi connectivity index (χ0n) is 34.4. The Hall–Kier alpha value is -7.98. The lowest BCUT2D eigenvalue weighted by Crippen LogP contribution is -2.14. The molecule has 0 spiro atoms. The van der Waals surface area contributed by atoms with Gasteiger partial charge in [0.05, 0.1) is 20.8 Å². The van der Waals surface area contributed by atoms with Crippen molar-refractivity contribution in [3.8, 4) is 55.6 Å². The average Bonchev–Trinajstić information content (AvgIpc) is 3.75. The van der Waals surface area contributed by atoms with E-state index in [4.69, 9.17) is 0 Å². The number of hydrogen-bond donors (Lipinski definition) is 0. The van der Waals surface area contributed by atoms with E-state index >= 15 is 0 Å². The lowest BCUT2D eigenvalue weighted by atomic mass is 9.96. The minimum atomic E-state index is 1.08. The zero-order valence-corrected chi connectivity index (χ0v) is 35.2. The van der Waals surface area contributed by atoms with Crippen LogP contribution in [0.3, 0.4) is 0 Å². The Morgan fingerprint density at radius 3 is 0.794 bits per heavy atom. The Balaban J connectivity index is 1.19. The summed E-state index contributed by atoms with van der Waals surface area (Å²) in [5, 5.41) is 2.51. The van der Waals surface area contributed by atoms with Crippen molar-refractivity contribution >= 4 is 65.6 Å². The fraction of sp³-hybridized carbons (Fsp3) is 0. The summed E-state index contributed by atoms with van der Waals surface area (Å²) in [6.45, 7) is 0. The van der Waals surface area contributed by atoms with E-state index in [-0.39, 0.29) is 0 Å². The molecule has 10 aromatic carbocycles. The molecule has 12 rings (SSSR count). The number of hydrogen-bond acceptors (Lipinski definition) is 3. The van der Waals surface area contributed by atoms with E-state index in [2.05, 4.69) is 252 Å². The molecule has 0 saturated heterocycles. The van der Waals surface area contributed by atoms with Gasteiger partial charge in [-0.1, -0.05) is 176 Å². The minimum Gasteiger partial charge on any atom is -0.309 e. The highest BCUT2D eigenvalue weighted by atomic mass is 32.1. The molecule has 0 radical (unpaired) electrons. The van der Waals surface area contributed by atoms with Gasteiger partial charge in [-0.3, -0.25) is 0 Å². The first-order valence-corrected chi connectivity index (χ1v) is 22.3. The van der Waals surface area contributed by atoms with Crippen molar-refractivity contribution in [3.05, 3.63) is 243 Å². The maximum absolute atomic E-state index is 2.51. The van der Waals surface area contributed by atoms with Crippen molar-refractivity contribution in [3.63, 3.8) is 0 Å². The monoisotopic (exact) mass is 820 g/mol.